The van der Waals surface area contributed by atoms with Crippen molar-refractivity contribution in [3.8, 4) is 0 Å². The molecule has 0 radical (unpaired) electrons. The lowest BCUT2D eigenvalue weighted by Gasteiger charge is -2.58. The molecule has 36 heavy (non-hydrogen) atoms. The van der Waals surface area contributed by atoms with Gasteiger partial charge in [0.1, 0.15) is 6.54 Å². The fraction of sp³-hybridized carbons (Fsp3) is 0.852. The Bertz CT molecular complexity index is 891. The van der Waals surface area contributed by atoms with Crippen molar-refractivity contribution in [3.63, 3.8) is 0 Å². The van der Waals surface area contributed by atoms with E-state index in [1.54, 1.807) is 7.05 Å². The van der Waals surface area contributed by atoms with Crippen molar-refractivity contribution in [3.05, 3.63) is 11.6 Å². The summed E-state index contributed by atoms with van der Waals surface area (Å²) in [5.41, 5.74) is 2.38. The highest BCUT2D eigenvalue weighted by Gasteiger charge is 2.59. The van der Waals surface area contributed by atoms with Crippen LogP contribution in [0.15, 0.2) is 16.8 Å². The first kappa shape index (κ1) is 27.4. The molecule has 4 rings (SSSR count). The third-order valence-corrected chi connectivity index (χ3v) is 10.1. The topological polar surface area (TPSA) is 74.2 Å². The van der Waals surface area contributed by atoms with Crippen molar-refractivity contribution in [1.29, 1.82) is 0 Å². The van der Waals surface area contributed by atoms with Gasteiger partial charge in [-0.1, -0.05) is 30.7 Å². The van der Waals surface area contributed by atoms with E-state index in [2.05, 4.69) is 30.4 Å². The number of rotatable bonds is 6. The number of aliphatic hydroxyl groups is 1. The molecule has 0 aromatic rings. The molecule has 3 fully saturated rings. The Morgan fingerprint density at radius 1 is 1.19 bits per heavy atom. The van der Waals surface area contributed by atoms with Crippen molar-refractivity contribution in [2.45, 2.75) is 84.4 Å². The lowest BCUT2D eigenvalue weighted by molar-refractivity contribution is -0.142. The highest BCUT2D eigenvalue weighted by atomic mass is 19.4. The highest BCUT2D eigenvalue weighted by Crippen LogP contribution is 2.66. The van der Waals surface area contributed by atoms with Gasteiger partial charge in [0, 0.05) is 19.0 Å². The van der Waals surface area contributed by atoms with Gasteiger partial charge in [-0.15, -0.1) is 0 Å². The van der Waals surface area contributed by atoms with Crippen LogP contribution in [0.3, 0.4) is 0 Å². The van der Waals surface area contributed by atoms with Crippen LogP contribution in [-0.2, 0) is 4.84 Å². The molecule has 7 atom stereocenters. The van der Waals surface area contributed by atoms with Crippen LogP contribution in [-0.4, -0.2) is 60.8 Å². The number of carbonyl (C=O) groups is 1. The third-order valence-electron chi connectivity index (χ3n) is 10.1. The summed E-state index contributed by atoms with van der Waals surface area (Å²) in [4.78, 5) is 18.1. The zero-order chi connectivity index (χ0) is 26.3. The number of nitrogens with zero attached hydrogens (tertiary/aromatic N) is 2. The normalized spacial score (nSPS) is 38.5. The van der Waals surface area contributed by atoms with E-state index in [-0.39, 0.29) is 35.9 Å². The third kappa shape index (κ3) is 5.19. The van der Waals surface area contributed by atoms with Gasteiger partial charge in [-0.3, -0.25) is 9.74 Å². The number of hydrogen-bond donors (Lipinski definition) is 2. The summed E-state index contributed by atoms with van der Waals surface area (Å²) in [6.07, 6.45) is 4.60. The lowest BCUT2D eigenvalue weighted by Crippen LogP contribution is -2.51. The number of hydrogen-bond acceptors (Lipinski definition) is 5. The van der Waals surface area contributed by atoms with Gasteiger partial charge in [0.2, 0.25) is 0 Å². The van der Waals surface area contributed by atoms with Gasteiger partial charge < -0.3 is 10.4 Å². The van der Waals surface area contributed by atoms with Crippen LogP contribution >= 0.6 is 0 Å². The van der Waals surface area contributed by atoms with E-state index in [0.29, 0.717) is 28.4 Å². The molecule has 4 aliphatic carbocycles. The van der Waals surface area contributed by atoms with E-state index < -0.39 is 18.8 Å². The summed E-state index contributed by atoms with van der Waals surface area (Å²) in [6, 6.07) is 0. The molecule has 0 spiro atoms. The zero-order valence-corrected chi connectivity index (χ0v) is 22.0. The minimum absolute atomic E-state index is 0.0463. The average Bonchev–Trinajstić information content (AvgIpc) is 3.17. The molecular weight excluding hydrogens is 471 g/mol. The van der Waals surface area contributed by atoms with Crippen LogP contribution in [0.5, 0.6) is 0 Å². The van der Waals surface area contributed by atoms with E-state index >= 15 is 0 Å². The van der Waals surface area contributed by atoms with Gasteiger partial charge in [0.05, 0.1) is 11.8 Å². The number of aliphatic hydroxyl groups excluding tert-OH is 1. The maximum atomic E-state index is 12.9. The molecule has 204 valence electrons. The number of halogens is 3. The number of likely N-dealkylation sites (N-methyl/N-ethyl adjacent to an activating group) is 1. The highest BCUT2D eigenvalue weighted by molar-refractivity contribution is 5.85. The standard InChI is InChI=1S/C27H42F3N3O3/c1-17(32-36-24(35)33(14-13-31-4)16-27(28,29)30)21-7-8-22-20-6-5-18-15-19(34)9-11-25(18,2)23(20)10-12-26(21,22)3/h15,19-23,31,34H,5-14,16H2,1-4H3/b32-17+/t19-,20-,21+,22-,23-,25-,26+/m0/s1. The number of oxime groups is 1. The molecular formula is C27H42F3N3O3. The number of allylic oxidation sites excluding steroid dienone is 1. The molecule has 0 unspecified atom stereocenters. The molecule has 0 aromatic carbocycles. The van der Waals surface area contributed by atoms with Crippen LogP contribution in [0.25, 0.3) is 0 Å². The average molecular weight is 514 g/mol. The fourth-order valence-electron chi connectivity index (χ4n) is 8.33. The van der Waals surface area contributed by atoms with E-state index in [1.165, 1.54) is 5.57 Å². The summed E-state index contributed by atoms with van der Waals surface area (Å²) in [5.74, 6) is 1.97. The Morgan fingerprint density at radius 2 is 1.94 bits per heavy atom. The predicted octanol–water partition coefficient (Wildman–Crippen LogP) is 5.52. The quantitative estimate of drug-likeness (QED) is 0.212. The molecule has 2 N–H and O–H groups in total. The van der Waals surface area contributed by atoms with Gasteiger partial charge in [-0.05, 0) is 93.9 Å². The molecule has 1 amide bonds. The fourth-order valence-corrected chi connectivity index (χ4v) is 8.33. The Morgan fingerprint density at radius 3 is 2.64 bits per heavy atom. The second kappa shape index (κ2) is 10.3. The van der Waals surface area contributed by atoms with Crippen molar-refractivity contribution in [1.82, 2.24) is 10.2 Å². The van der Waals surface area contributed by atoms with Gasteiger partial charge in [-0.2, -0.15) is 13.2 Å². The van der Waals surface area contributed by atoms with Crippen LogP contribution < -0.4 is 5.32 Å². The number of amides is 1. The predicted molar refractivity (Wildman–Crippen MR) is 132 cm³/mol. The van der Waals surface area contributed by atoms with E-state index in [0.717, 1.165) is 51.4 Å². The molecule has 0 aromatic heterocycles. The Labute approximate surface area is 212 Å². The minimum Gasteiger partial charge on any atom is -0.389 e. The Hall–Kier alpha value is -1.61. The maximum Gasteiger partial charge on any atom is 0.436 e. The summed E-state index contributed by atoms with van der Waals surface area (Å²) in [7, 11) is 1.62. The number of alkyl halides is 3. The smallest absolute Gasteiger partial charge is 0.389 e. The zero-order valence-electron chi connectivity index (χ0n) is 22.0. The van der Waals surface area contributed by atoms with E-state index in [1.807, 2.05) is 6.92 Å². The molecule has 6 nitrogen and oxygen atoms in total. The molecule has 0 aliphatic heterocycles. The Balaban J connectivity index is 1.45. The molecule has 3 saturated carbocycles. The number of fused-ring (bicyclic) bond motifs is 5. The Kier molecular flexibility index (Phi) is 7.83. The van der Waals surface area contributed by atoms with E-state index in [9.17, 15) is 23.1 Å². The number of carbonyl (C=O) groups excluding carboxylic acids is 1. The van der Waals surface area contributed by atoms with Crippen LogP contribution in [0.1, 0.15) is 72.1 Å². The first-order valence-electron chi connectivity index (χ1n) is 13.5. The summed E-state index contributed by atoms with van der Waals surface area (Å²) in [6.45, 7) is 5.36. The molecule has 0 bridgehead atoms. The van der Waals surface area contributed by atoms with Crippen molar-refractivity contribution in [2.75, 3.05) is 26.7 Å². The summed E-state index contributed by atoms with van der Waals surface area (Å²) >= 11 is 0. The molecule has 4 aliphatic rings. The lowest BCUT2D eigenvalue weighted by atomic mass is 9.46. The van der Waals surface area contributed by atoms with Gasteiger partial charge in [-0.25, -0.2) is 4.79 Å². The second-order valence-corrected chi connectivity index (χ2v) is 12.0. The largest absolute Gasteiger partial charge is 0.436 e. The molecule has 9 heteroatoms. The first-order chi connectivity index (χ1) is 16.9. The van der Waals surface area contributed by atoms with Gasteiger partial charge in [0.15, 0.2) is 0 Å². The van der Waals surface area contributed by atoms with Crippen LogP contribution in [0, 0.1) is 34.5 Å². The summed E-state index contributed by atoms with van der Waals surface area (Å²) < 4.78 is 38.8. The van der Waals surface area contributed by atoms with Crippen LogP contribution in [0.2, 0.25) is 0 Å². The first-order valence-corrected chi connectivity index (χ1v) is 13.5. The number of nitrogens with one attached hydrogen (secondary N) is 1. The SMILES string of the molecule is CNCCN(CC(F)(F)F)C(=O)O/N=C(\C)[C@H]1CC[C@H]2[C@@H]3CCC4=C[C@@H](O)CC[C@]4(C)[C@H]3CC[C@]12C. The maximum absolute atomic E-state index is 12.9. The van der Waals surface area contributed by atoms with Crippen LogP contribution in [0.4, 0.5) is 18.0 Å². The van der Waals surface area contributed by atoms with Crippen molar-refractivity contribution < 1.29 is 27.9 Å². The van der Waals surface area contributed by atoms with Crippen molar-refractivity contribution in [2.24, 2.45) is 39.7 Å². The van der Waals surface area contributed by atoms with E-state index in [4.69, 9.17) is 4.84 Å². The van der Waals surface area contributed by atoms with Crippen molar-refractivity contribution >= 4 is 11.8 Å². The monoisotopic (exact) mass is 513 g/mol. The summed E-state index contributed by atoms with van der Waals surface area (Å²) in [5, 5.41) is 17.0. The second-order valence-electron chi connectivity index (χ2n) is 12.0. The molecule has 0 saturated heterocycles. The molecule has 0 heterocycles. The van der Waals surface area contributed by atoms with Gasteiger partial charge >= 0.3 is 12.3 Å². The minimum atomic E-state index is -4.50. The van der Waals surface area contributed by atoms with Gasteiger partial charge in [0.25, 0.3) is 0 Å².